The highest BCUT2D eigenvalue weighted by Crippen LogP contribution is 2.21. The molecule has 0 aliphatic heterocycles. The number of amides is 1. The fraction of sp³-hybridized carbons (Fsp3) is 0.200. The summed E-state index contributed by atoms with van der Waals surface area (Å²) in [6, 6.07) is 7.40. The standard InChI is InChI=1S/C15H15ClN2O5S2/c16-12-4-3-10(8-13(12)25(17,21)22)15(20)23-9-14(19)18-6-5-11-2-1-7-24-11/h1-4,7-8H,5-6,9H2,(H,18,19)(H2,17,21,22). The Morgan fingerprint density at radius 2 is 2.04 bits per heavy atom. The maximum Gasteiger partial charge on any atom is 0.338 e. The maximum atomic E-state index is 11.9. The molecule has 0 unspecified atom stereocenters. The number of thiophene rings is 1. The van der Waals surface area contributed by atoms with Crippen LogP contribution in [0.5, 0.6) is 0 Å². The van der Waals surface area contributed by atoms with Crippen molar-refractivity contribution in [3.05, 3.63) is 51.2 Å². The number of esters is 1. The van der Waals surface area contributed by atoms with Gasteiger partial charge in [-0.2, -0.15) is 0 Å². The van der Waals surface area contributed by atoms with Gasteiger partial charge in [-0.05, 0) is 36.1 Å². The van der Waals surface area contributed by atoms with E-state index in [1.807, 2.05) is 17.5 Å². The molecule has 0 radical (unpaired) electrons. The second-order valence-electron chi connectivity index (χ2n) is 4.95. The first-order valence-electron chi connectivity index (χ1n) is 7.06. The minimum atomic E-state index is -4.07. The average molecular weight is 403 g/mol. The van der Waals surface area contributed by atoms with Gasteiger partial charge in [0.1, 0.15) is 4.90 Å². The van der Waals surface area contributed by atoms with Crippen LogP contribution in [0.25, 0.3) is 0 Å². The van der Waals surface area contributed by atoms with Crippen molar-refractivity contribution in [2.45, 2.75) is 11.3 Å². The van der Waals surface area contributed by atoms with Crippen molar-refractivity contribution in [2.24, 2.45) is 5.14 Å². The third-order valence-corrected chi connectivity index (χ3v) is 5.41. The first-order chi connectivity index (χ1) is 11.8. The van der Waals surface area contributed by atoms with Gasteiger partial charge >= 0.3 is 5.97 Å². The summed E-state index contributed by atoms with van der Waals surface area (Å²) < 4.78 is 27.6. The lowest BCUT2D eigenvalue weighted by Gasteiger charge is -2.08. The number of nitrogens with two attached hydrogens (primary N) is 1. The van der Waals surface area contributed by atoms with E-state index in [-0.39, 0.29) is 15.5 Å². The third kappa shape index (κ3) is 5.82. The number of ether oxygens (including phenoxy) is 1. The Balaban J connectivity index is 1.86. The predicted molar refractivity (Wildman–Crippen MR) is 94.1 cm³/mol. The number of benzene rings is 1. The summed E-state index contributed by atoms with van der Waals surface area (Å²) in [4.78, 5) is 24.3. The number of nitrogens with one attached hydrogen (secondary N) is 1. The molecule has 0 aliphatic rings. The summed E-state index contributed by atoms with van der Waals surface area (Å²) in [5.74, 6) is -1.31. The number of rotatable bonds is 7. The largest absolute Gasteiger partial charge is 0.452 e. The lowest BCUT2D eigenvalue weighted by Crippen LogP contribution is -2.30. The SMILES string of the molecule is NS(=O)(=O)c1cc(C(=O)OCC(=O)NCCc2cccs2)ccc1Cl. The molecule has 0 aliphatic carbocycles. The van der Waals surface area contributed by atoms with Gasteiger partial charge < -0.3 is 10.1 Å². The molecule has 25 heavy (non-hydrogen) atoms. The van der Waals surface area contributed by atoms with Crippen LogP contribution < -0.4 is 10.5 Å². The molecule has 134 valence electrons. The number of primary sulfonamides is 1. The van der Waals surface area contributed by atoms with Crippen LogP contribution in [0, 0.1) is 0 Å². The number of halogens is 1. The summed E-state index contributed by atoms with van der Waals surface area (Å²) >= 11 is 7.33. The zero-order valence-electron chi connectivity index (χ0n) is 12.9. The maximum absolute atomic E-state index is 11.9. The minimum Gasteiger partial charge on any atom is -0.452 e. The van der Waals surface area contributed by atoms with Crippen LogP contribution in [0.2, 0.25) is 5.02 Å². The summed E-state index contributed by atoms with van der Waals surface area (Å²) in [5, 5.41) is 9.48. The predicted octanol–water partition coefficient (Wildman–Crippen LogP) is 1.56. The van der Waals surface area contributed by atoms with Gasteiger partial charge in [-0.3, -0.25) is 4.79 Å². The van der Waals surface area contributed by atoms with Crippen LogP contribution in [-0.2, 0) is 26.0 Å². The van der Waals surface area contributed by atoms with Crippen LogP contribution in [0.15, 0.2) is 40.6 Å². The lowest BCUT2D eigenvalue weighted by molar-refractivity contribution is -0.124. The molecule has 1 heterocycles. The van der Waals surface area contributed by atoms with E-state index in [9.17, 15) is 18.0 Å². The zero-order chi connectivity index (χ0) is 18.4. The van der Waals surface area contributed by atoms with E-state index < -0.39 is 28.5 Å². The van der Waals surface area contributed by atoms with E-state index in [0.29, 0.717) is 13.0 Å². The van der Waals surface area contributed by atoms with E-state index >= 15 is 0 Å². The summed E-state index contributed by atoms with van der Waals surface area (Å²) in [6.45, 7) is -0.0516. The van der Waals surface area contributed by atoms with Crippen molar-refractivity contribution in [3.63, 3.8) is 0 Å². The Morgan fingerprint density at radius 3 is 2.68 bits per heavy atom. The van der Waals surface area contributed by atoms with Gasteiger partial charge in [0.05, 0.1) is 10.6 Å². The van der Waals surface area contributed by atoms with Crippen molar-refractivity contribution in [2.75, 3.05) is 13.2 Å². The van der Waals surface area contributed by atoms with Gasteiger partial charge in [0, 0.05) is 11.4 Å². The Hall–Kier alpha value is -1.94. The highest BCUT2D eigenvalue weighted by atomic mass is 35.5. The molecule has 2 rings (SSSR count). The van der Waals surface area contributed by atoms with Crippen LogP contribution in [-0.4, -0.2) is 33.4 Å². The van der Waals surface area contributed by atoms with E-state index in [0.717, 1.165) is 10.9 Å². The molecule has 0 saturated carbocycles. The molecule has 10 heteroatoms. The number of sulfonamides is 1. The van der Waals surface area contributed by atoms with E-state index in [1.165, 1.54) is 12.1 Å². The molecule has 0 fully saturated rings. The van der Waals surface area contributed by atoms with Crippen molar-refractivity contribution in [1.29, 1.82) is 0 Å². The molecule has 1 aromatic carbocycles. The molecule has 3 N–H and O–H groups in total. The van der Waals surface area contributed by atoms with Crippen LogP contribution in [0.4, 0.5) is 0 Å². The Kier molecular flexibility index (Phi) is 6.54. The highest BCUT2D eigenvalue weighted by Gasteiger charge is 2.17. The van der Waals surface area contributed by atoms with E-state index in [4.69, 9.17) is 21.5 Å². The molecule has 0 spiro atoms. The van der Waals surface area contributed by atoms with Crippen molar-refractivity contribution >= 4 is 44.8 Å². The zero-order valence-corrected chi connectivity index (χ0v) is 15.3. The molecule has 7 nitrogen and oxygen atoms in total. The summed E-state index contributed by atoms with van der Waals surface area (Å²) in [7, 11) is -4.07. The lowest BCUT2D eigenvalue weighted by atomic mass is 10.2. The smallest absolute Gasteiger partial charge is 0.338 e. The molecule has 2 aromatic rings. The van der Waals surface area contributed by atoms with Crippen molar-refractivity contribution in [3.8, 4) is 0 Å². The van der Waals surface area contributed by atoms with Crippen LogP contribution in [0.1, 0.15) is 15.2 Å². The number of hydrogen-bond acceptors (Lipinski definition) is 6. The molecule has 1 amide bonds. The summed E-state index contributed by atoms with van der Waals surface area (Å²) in [5.41, 5.74) is -0.0696. The normalized spacial score (nSPS) is 11.1. The first kappa shape index (κ1) is 19.4. The van der Waals surface area contributed by atoms with Crippen molar-refractivity contribution < 1.29 is 22.7 Å². The van der Waals surface area contributed by atoms with E-state index in [2.05, 4.69) is 5.32 Å². The number of carbonyl (C=O) groups excluding carboxylic acids is 2. The van der Waals surface area contributed by atoms with Gasteiger partial charge in [-0.25, -0.2) is 18.4 Å². The van der Waals surface area contributed by atoms with Crippen LogP contribution >= 0.6 is 22.9 Å². The molecule has 1 aromatic heterocycles. The highest BCUT2D eigenvalue weighted by molar-refractivity contribution is 7.89. The summed E-state index contributed by atoms with van der Waals surface area (Å²) in [6.07, 6.45) is 0.687. The van der Waals surface area contributed by atoms with Gasteiger partial charge in [-0.15, -0.1) is 11.3 Å². The Morgan fingerprint density at radius 1 is 1.28 bits per heavy atom. The van der Waals surface area contributed by atoms with Gasteiger partial charge in [0.2, 0.25) is 10.0 Å². The van der Waals surface area contributed by atoms with Gasteiger partial charge in [0.15, 0.2) is 6.61 Å². The quantitative estimate of drug-likeness (QED) is 0.682. The third-order valence-electron chi connectivity index (χ3n) is 3.08. The minimum absolute atomic E-state index is 0.0696. The molecule has 0 atom stereocenters. The molecular formula is C15H15ClN2O5S2. The topological polar surface area (TPSA) is 116 Å². The molecule has 0 bridgehead atoms. The fourth-order valence-corrected chi connectivity index (χ4v) is 3.67. The van der Waals surface area contributed by atoms with Gasteiger partial charge in [-0.1, -0.05) is 17.7 Å². The van der Waals surface area contributed by atoms with Crippen LogP contribution in [0.3, 0.4) is 0 Å². The Bertz CT molecular complexity index is 866. The molecule has 0 saturated heterocycles. The molecular weight excluding hydrogens is 388 g/mol. The van der Waals surface area contributed by atoms with Gasteiger partial charge in [0.25, 0.3) is 5.91 Å². The fourth-order valence-electron chi connectivity index (χ4n) is 1.89. The number of hydrogen-bond donors (Lipinski definition) is 2. The van der Waals surface area contributed by atoms with E-state index in [1.54, 1.807) is 11.3 Å². The second-order valence-corrected chi connectivity index (χ2v) is 7.91. The van der Waals surface area contributed by atoms with Crippen molar-refractivity contribution in [1.82, 2.24) is 5.32 Å². The Labute approximate surface area is 153 Å². The monoisotopic (exact) mass is 402 g/mol. The average Bonchev–Trinajstić information content (AvgIpc) is 3.05. The first-order valence-corrected chi connectivity index (χ1v) is 9.86. The number of carbonyl (C=O) groups is 2. The second kappa shape index (κ2) is 8.43.